The molecule has 0 bridgehead atoms. The molecule has 1 heterocycles. The number of hydrogen-bond donors (Lipinski definition) is 2. The fraction of sp³-hybridized carbons (Fsp3) is 0.429. The van der Waals surface area contributed by atoms with Gasteiger partial charge in [-0.3, -0.25) is 4.57 Å². The van der Waals surface area contributed by atoms with Gasteiger partial charge in [0, 0.05) is 12.6 Å². The maximum absolute atomic E-state index is 14.1. The number of aromatic amines is 1. The minimum atomic E-state index is -0.323. The molecule has 2 rings (SSSR count). The Morgan fingerprint density at radius 2 is 2.29 bits per heavy atom. The van der Waals surface area contributed by atoms with Gasteiger partial charge >= 0.3 is 5.69 Å². The fourth-order valence-corrected chi connectivity index (χ4v) is 3.07. The molecule has 1 unspecified atom stereocenters. The number of rotatable bonds is 6. The Balaban J connectivity index is 2.37. The van der Waals surface area contributed by atoms with Gasteiger partial charge in [0.15, 0.2) is 5.16 Å². The van der Waals surface area contributed by atoms with Crippen LogP contribution < -0.4 is 11.4 Å². The highest BCUT2D eigenvalue weighted by molar-refractivity contribution is 7.99. The van der Waals surface area contributed by atoms with Crippen LogP contribution in [0.1, 0.15) is 25.8 Å². The predicted octanol–water partition coefficient (Wildman–Crippen LogP) is 2.16. The van der Waals surface area contributed by atoms with Crippen molar-refractivity contribution < 1.29 is 4.39 Å². The average Bonchev–Trinajstić information content (AvgIpc) is 2.75. The van der Waals surface area contributed by atoms with Crippen LogP contribution in [0.15, 0.2) is 33.0 Å². The summed E-state index contributed by atoms with van der Waals surface area (Å²) in [6, 6.07) is 4.86. The molecule has 0 fully saturated rings. The van der Waals surface area contributed by atoms with Crippen molar-refractivity contribution in [3.63, 3.8) is 0 Å². The van der Waals surface area contributed by atoms with E-state index in [4.69, 9.17) is 5.73 Å². The number of nitrogens with two attached hydrogens (primary N) is 1. The number of halogens is 1. The van der Waals surface area contributed by atoms with Crippen molar-refractivity contribution in [1.29, 1.82) is 0 Å². The molecule has 1 atom stereocenters. The molecule has 0 spiro atoms. The molecule has 7 heteroatoms. The quantitative estimate of drug-likeness (QED) is 0.857. The summed E-state index contributed by atoms with van der Waals surface area (Å²) in [5.74, 6) is -0.323. The third-order valence-electron chi connectivity index (χ3n) is 2.95. The van der Waals surface area contributed by atoms with E-state index in [0.29, 0.717) is 23.0 Å². The van der Waals surface area contributed by atoms with Crippen LogP contribution in [0.5, 0.6) is 0 Å². The monoisotopic (exact) mass is 310 g/mol. The third-order valence-corrected chi connectivity index (χ3v) is 4.11. The fourth-order valence-electron chi connectivity index (χ4n) is 2.07. The minimum absolute atomic E-state index is 0.0665. The Kier molecular flexibility index (Phi) is 5.19. The van der Waals surface area contributed by atoms with Gasteiger partial charge in [-0.15, -0.1) is 5.10 Å². The molecule has 3 N–H and O–H groups in total. The third kappa shape index (κ3) is 3.74. The van der Waals surface area contributed by atoms with E-state index < -0.39 is 0 Å². The SMILES string of the molecule is CCCn1c(Sc2c(F)cccc2CC(C)N)n[nH]c1=O. The van der Waals surface area contributed by atoms with Crippen molar-refractivity contribution >= 4 is 11.8 Å². The maximum atomic E-state index is 14.1. The molecule has 0 radical (unpaired) electrons. The molecule has 2 aromatic rings. The van der Waals surface area contributed by atoms with E-state index in [-0.39, 0.29) is 17.5 Å². The first kappa shape index (κ1) is 15.8. The normalized spacial score (nSPS) is 12.6. The zero-order valence-electron chi connectivity index (χ0n) is 12.1. The number of nitrogens with zero attached hydrogens (tertiary/aromatic N) is 2. The summed E-state index contributed by atoms with van der Waals surface area (Å²) in [5, 5.41) is 6.86. The molecule has 114 valence electrons. The van der Waals surface area contributed by atoms with Crippen molar-refractivity contribution in [3.05, 3.63) is 40.1 Å². The van der Waals surface area contributed by atoms with Crippen LogP contribution in [-0.2, 0) is 13.0 Å². The molecule has 0 aliphatic carbocycles. The van der Waals surface area contributed by atoms with E-state index in [9.17, 15) is 9.18 Å². The second-order valence-corrected chi connectivity index (χ2v) is 5.95. The molecule has 0 saturated heterocycles. The summed E-state index contributed by atoms with van der Waals surface area (Å²) in [7, 11) is 0. The van der Waals surface area contributed by atoms with Gasteiger partial charge < -0.3 is 5.73 Å². The molecular weight excluding hydrogens is 291 g/mol. The zero-order chi connectivity index (χ0) is 15.4. The molecule has 5 nitrogen and oxygen atoms in total. The second-order valence-electron chi connectivity index (χ2n) is 4.97. The van der Waals surface area contributed by atoms with E-state index in [1.54, 1.807) is 6.07 Å². The lowest BCUT2D eigenvalue weighted by atomic mass is 10.1. The van der Waals surface area contributed by atoms with Crippen molar-refractivity contribution in [2.45, 2.75) is 49.3 Å². The Morgan fingerprint density at radius 3 is 2.95 bits per heavy atom. The van der Waals surface area contributed by atoms with Gasteiger partial charge in [0.25, 0.3) is 0 Å². The lowest BCUT2D eigenvalue weighted by Gasteiger charge is -2.12. The summed E-state index contributed by atoms with van der Waals surface area (Å²) >= 11 is 1.16. The lowest BCUT2D eigenvalue weighted by Crippen LogP contribution is -2.19. The van der Waals surface area contributed by atoms with E-state index in [2.05, 4.69) is 10.2 Å². The number of nitrogens with one attached hydrogen (secondary N) is 1. The molecule has 0 amide bonds. The minimum Gasteiger partial charge on any atom is -0.328 e. The largest absolute Gasteiger partial charge is 0.343 e. The van der Waals surface area contributed by atoms with E-state index in [0.717, 1.165) is 23.7 Å². The van der Waals surface area contributed by atoms with Crippen LogP contribution in [0.4, 0.5) is 4.39 Å². The summed E-state index contributed by atoms with van der Waals surface area (Å²) in [4.78, 5) is 12.2. The molecule has 1 aromatic heterocycles. The number of aromatic nitrogens is 3. The Morgan fingerprint density at radius 1 is 1.52 bits per heavy atom. The molecule has 0 aliphatic heterocycles. The zero-order valence-corrected chi connectivity index (χ0v) is 12.9. The summed E-state index contributed by atoms with van der Waals surface area (Å²) in [5.41, 5.74) is 6.36. The van der Waals surface area contributed by atoms with Gasteiger partial charge in [-0.25, -0.2) is 14.3 Å². The van der Waals surface area contributed by atoms with Gasteiger partial charge in [-0.05, 0) is 43.2 Å². The first-order valence-corrected chi connectivity index (χ1v) is 7.70. The molecule has 0 aliphatic rings. The van der Waals surface area contributed by atoms with Gasteiger partial charge in [0.2, 0.25) is 0 Å². The van der Waals surface area contributed by atoms with Gasteiger partial charge in [-0.2, -0.15) is 0 Å². The highest BCUT2D eigenvalue weighted by atomic mass is 32.2. The smallest absolute Gasteiger partial charge is 0.328 e. The van der Waals surface area contributed by atoms with Crippen LogP contribution in [0.25, 0.3) is 0 Å². The van der Waals surface area contributed by atoms with Crippen molar-refractivity contribution in [3.8, 4) is 0 Å². The van der Waals surface area contributed by atoms with Crippen LogP contribution in [-0.4, -0.2) is 20.8 Å². The van der Waals surface area contributed by atoms with E-state index >= 15 is 0 Å². The van der Waals surface area contributed by atoms with Crippen LogP contribution >= 0.6 is 11.8 Å². The highest BCUT2D eigenvalue weighted by Crippen LogP contribution is 2.31. The second kappa shape index (κ2) is 6.91. The molecule has 1 aromatic carbocycles. The first-order valence-electron chi connectivity index (χ1n) is 6.89. The maximum Gasteiger partial charge on any atom is 0.343 e. The summed E-state index contributed by atoms with van der Waals surface area (Å²) < 4.78 is 15.6. The van der Waals surface area contributed by atoms with E-state index in [1.807, 2.05) is 19.9 Å². The number of benzene rings is 1. The van der Waals surface area contributed by atoms with Crippen molar-refractivity contribution in [1.82, 2.24) is 14.8 Å². The molecular formula is C14H19FN4OS. The topological polar surface area (TPSA) is 76.7 Å². The van der Waals surface area contributed by atoms with Crippen LogP contribution in [0, 0.1) is 5.82 Å². The van der Waals surface area contributed by atoms with Crippen molar-refractivity contribution in [2.24, 2.45) is 5.73 Å². The Hall–Kier alpha value is -1.60. The van der Waals surface area contributed by atoms with Crippen molar-refractivity contribution in [2.75, 3.05) is 0 Å². The Labute approximate surface area is 126 Å². The number of H-pyrrole nitrogens is 1. The summed E-state index contributed by atoms with van der Waals surface area (Å²) in [6.07, 6.45) is 1.37. The number of hydrogen-bond acceptors (Lipinski definition) is 4. The van der Waals surface area contributed by atoms with Gasteiger partial charge in [0.1, 0.15) is 5.82 Å². The van der Waals surface area contributed by atoms with E-state index in [1.165, 1.54) is 10.6 Å². The van der Waals surface area contributed by atoms with Crippen LogP contribution in [0.3, 0.4) is 0 Å². The highest BCUT2D eigenvalue weighted by Gasteiger charge is 2.16. The standard InChI is InChI=1S/C14H19FN4OS/c1-3-7-19-13(20)17-18-14(19)21-12-10(8-9(2)16)5-4-6-11(12)15/h4-6,9H,3,7-8,16H2,1-2H3,(H,17,20). The molecule has 21 heavy (non-hydrogen) atoms. The predicted molar refractivity (Wildman–Crippen MR) is 81.0 cm³/mol. The summed E-state index contributed by atoms with van der Waals surface area (Å²) in [6.45, 7) is 4.40. The lowest BCUT2D eigenvalue weighted by molar-refractivity contribution is 0.586. The Bertz CT molecular complexity index is 665. The van der Waals surface area contributed by atoms with Crippen LogP contribution in [0.2, 0.25) is 0 Å². The van der Waals surface area contributed by atoms with Gasteiger partial charge in [-0.1, -0.05) is 19.1 Å². The molecule has 0 saturated carbocycles. The van der Waals surface area contributed by atoms with Gasteiger partial charge in [0.05, 0.1) is 4.90 Å². The average molecular weight is 310 g/mol. The first-order chi connectivity index (χ1) is 10.0.